The highest BCUT2D eigenvalue weighted by atomic mass is 32.2. The van der Waals surface area contributed by atoms with Gasteiger partial charge in [-0.2, -0.15) is 0 Å². The van der Waals surface area contributed by atoms with Crippen LogP contribution >= 0.6 is 23.1 Å². The van der Waals surface area contributed by atoms with E-state index < -0.39 is 0 Å². The zero-order valence-corrected chi connectivity index (χ0v) is 15.6. The maximum absolute atomic E-state index is 11.2. The lowest BCUT2D eigenvalue weighted by atomic mass is 9.96. The van der Waals surface area contributed by atoms with Gasteiger partial charge in [0.05, 0.1) is 31.6 Å². The summed E-state index contributed by atoms with van der Waals surface area (Å²) in [6.45, 7) is 4.95. The highest BCUT2D eigenvalue weighted by Gasteiger charge is 2.27. The van der Waals surface area contributed by atoms with Crippen molar-refractivity contribution in [3.05, 3.63) is 10.4 Å². The van der Waals surface area contributed by atoms with Gasteiger partial charge in [-0.3, -0.25) is 4.79 Å². The third kappa shape index (κ3) is 3.50. The standard InChI is InChI=1S/C16H21N3O3S2/c1-8(2)10-6-9-11(7-22-10)24-15-13(9)14(17)18-16(19-15)23-5-4-12(20)21-3/h8,10H,4-7H2,1-3H3,(H2,17,18,19)/t10-/m1/s1. The van der Waals surface area contributed by atoms with Gasteiger partial charge in [-0.15, -0.1) is 11.3 Å². The number of thioether (sulfide) groups is 1. The molecule has 0 saturated heterocycles. The number of methoxy groups -OCH3 is 1. The Labute approximate surface area is 149 Å². The zero-order chi connectivity index (χ0) is 17.3. The van der Waals surface area contributed by atoms with E-state index in [0.717, 1.165) is 16.6 Å². The fourth-order valence-corrected chi connectivity index (χ4v) is 4.67. The molecule has 130 valence electrons. The molecule has 1 atom stereocenters. The second-order valence-electron chi connectivity index (χ2n) is 6.05. The number of hydrogen-bond acceptors (Lipinski definition) is 8. The van der Waals surface area contributed by atoms with Crippen LogP contribution in [0.5, 0.6) is 0 Å². The Kier molecular flexibility index (Phi) is 5.27. The summed E-state index contributed by atoms with van der Waals surface area (Å²) in [7, 11) is 1.39. The molecule has 2 N–H and O–H groups in total. The lowest BCUT2D eigenvalue weighted by Gasteiger charge is -2.26. The van der Waals surface area contributed by atoms with Crippen molar-refractivity contribution in [1.29, 1.82) is 0 Å². The van der Waals surface area contributed by atoms with Gasteiger partial charge in [0.15, 0.2) is 5.16 Å². The molecule has 6 nitrogen and oxygen atoms in total. The van der Waals surface area contributed by atoms with Crippen molar-refractivity contribution < 1.29 is 14.3 Å². The smallest absolute Gasteiger partial charge is 0.306 e. The van der Waals surface area contributed by atoms with Crippen LogP contribution in [0.2, 0.25) is 0 Å². The van der Waals surface area contributed by atoms with E-state index in [4.69, 9.17) is 10.5 Å². The molecule has 0 saturated carbocycles. The largest absolute Gasteiger partial charge is 0.469 e. The molecule has 0 spiro atoms. The van der Waals surface area contributed by atoms with Crippen LogP contribution in [0, 0.1) is 5.92 Å². The van der Waals surface area contributed by atoms with E-state index in [1.54, 1.807) is 11.3 Å². The fourth-order valence-electron chi connectivity index (χ4n) is 2.71. The van der Waals surface area contributed by atoms with Gasteiger partial charge in [0.1, 0.15) is 10.6 Å². The van der Waals surface area contributed by atoms with Crippen LogP contribution < -0.4 is 5.73 Å². The number of anilines is 1. The molecule has 2 aromatic heterocycles. The van der Waals surface area contributed by atoms with Crippen LogP contribution in [0.15, 0.2) is 5.16 Å². The SMILES string of the molecule is COC(=O)CCSc1nc(N)c2c3c(sc2n1)CO[C@@H](C(C)C)C3. The average molecular weight is 367 g/mol. The average Bonchev–Trinajstić information content (AvgIpc) is 2.92. The molecule has 24 heavy (non-hydrogen) atoms. The molecule has 3 heterocycles. The summed E-state index contributed by atoms with van der Waals surface area (Å²) in [4.78, 5) is 22.3. The van der Waals surface area contributed by atoms with Crippen molar-refractivity contribution in [2.24, 2.45) is 5.92 Å². The van der Waals surface area contributed by atoms with Gasteiger partial charge in [0, 0.05) is 17.1 Å². The Hall–Kier alpha value is -1.38. The van der Waals surface area contributed by atoms with Gasteiger partial charge in [-0.05, 0) is 11.5 Å². The highest BCUT2D eigenvalue weighted by Crippen LogP contribution is 2.39. The minimum absolute atomic E-state index is 0.212. The highest BCUT2D eigenvalue weighted by molar-refractivity contribution is 7.99. The Bertz CT molecular complexity index is 761. The first-order chi connectivity index (χ1) is 11.5. The van der Waals surface area contributed by atoms with Crippen LogP contribution in [0.1, 0.15) is 30.7 Å². The van der Waals surface area contributed by atoms with Gasteiger partial charge < -0.3 is 15.2 Å². The summed E-state index contributed by atoms with van der Waals surface area (Å²) in [5.74, 6) is 1.31. The van der Waals surface area contributed by atoms with Gasteiger partial charge in [-0.25, -0.2) is 9.97 Å². The molecule has 0 amide bonds. The lowest BCUT2D eigenvalue weighted by molar-refractivity contribution is -0.140. The predicted molar refractivity (Wildman–Crippen MR) is 96.3 cm³/mol. The number of aromatic nitrogens is 2. The van der Waals surface area contributed by atoms with Crippen molar-refractivity contribution in [3.8, 4) is 0 Å². The van der Waals surface area contributed by atoms with E-state index in [0.29, 0.717) is 35.7 Å². The third-order valence-electron chi connectivity index (χ3n) is 4.08. The first kappa shape index (κ1) is 17.4. The number of ether oxygens (including phenoxy) is 2. The first-order valence-electron chi connectivity index (χ1n) is 7.88. The Morgan fingerprint density at radius 1 is 1.50 bits per heavy atom. The predicted octanol–water partition coefficient (Wildman–Crippen LogP) is 3.03. The van der Waals surface area contributed by atoms with Gasteiger partial charge >= 0.3 is 5.97 Å². The van der Waals surface area contributed by atoms with Crippen LogP contribution in [-0.2, 0) is 27.3 Å². The molecule has 8 heteroatoms. The summed E-state index contributed by atoms with van der Waals surface area (Å²) in [6, 6.07) is 0. The molecule has 0 fully saturated rings. The molecule has 0 aliphatic carbocycles. The summed E-state index contributed by atoms with van der Waals surface area (Å²) in [6.07, 6.45) is 1.40. The molecule has 0 radical (unpaired) electrons. The molecular weight excluding hydrogens is 346 g/mol. The first-order valence-corrected chi connectivity index (χ1v) is 9.68. The number of hydrogen-bond donors (Lipinski definition) is 1. The quantitative estimate of drug-likeness (QED) is 0.494. The van der Waals surface area contributed by atoms with Crippen molar-refractivity contribution in [3.63, 3.8) is 0 Å². The molecular formula is C16H21N3O3S2. The molecule has 1 aliphatic rings. The number of nitrogens with zero attached hydrogens (tertiary/aromatic N) is 2. The second-order valence-corrected chi connectivity index (χ2v) is 8.19. The number of carbonyl (C=O) groups excluding carboxylic acids is 1. The minimum atomic E-state index is -0.236. The molecule has 0 aromatic carbocycles. The van der Waals surface area contributed by atoms with E-state index in [1.165, 1.54) is 29.3 Å². The molecule has 0 unspecified atom stereocenters. The van der Waals surface area contributed by atoms with Crippen molar-refractivity contribution in [1.82, 2.24) is 9.97 Å². The van der Waals surface area contributed by atoms with E-state index in [2.05, 4.69) is 28.6 Å². The number of thiophene rings is 1. The van der Waals surface area contributed by atoms with Crippen LogP contribution in [-0.4, -0.2) is 34.9 Å². The van der Waals surface area contributed by atoms with Crippen molar-refractivity contribution in [2.45, 2.75) is 44.6 Å². The lowest BCUT2D eigenvalue weighted by Crippen LogP contribution is -2.26. The van der Waals surface area contributed by atoms with Crippen LogP contribution in [0.3, 0.4) is 0 Å². The Balaban J connectivity index is 1.84. The number of fused-ring (bicyclic) bond motifs is 3. The third-order valence-corrected chi connectivity index (χ3v) is 6.03. The van der Waals surface area contributed by atoms with Gasteiger partial charge in [0.2, 0.25) is 0 Å². The van der Waals surface area contributed by atoms with Gasteiger partial charge in [-0.1, -0.05) is 25.6 Å². The molecule has 2 aromatic rings. The second kappa shape index (κ2) is 7.25. The number of rotatable bonds is 5. The minimum Gasteiger partial charge on any atom is -0.469 e. The number of nitrogen functional groups attached to an aromatic ring is 1. The zero-order valence-electron chi connectivity index (χ0n) is 14.0. The molecule has 1 aliphatic heterocycles. The van der Waals surface area contributed by atoms with E-state index >= 15 is 0 Å². The number of carbonyl (C=O) groups is 1. The van der Waals surface area contributed by atoms with Crippen molar-refractivity contribution >= 4 is 45.1 Å². The normalized spacial score (nSPS) is 17.2. The van der Waals surface area contributed by atoms with Gasteiger partial charge in [0.25, 0.3) is 0 Å². The Morgan fingerprint density at radius 2 is 2.29 bits per heavy atom. The maximum Gasteiger partial charge on any atom is 0.306 e. The topological polar surface area (TPSA) is 87.3 Å². The van der Waals surface area contributed by atoms with E-state index in [-0.39, 0.29) is 12.1 Å². The number of esters is 1. The summed E-state index contributed by atoms with van der Waals surface area (Å²) in [5, 5.41) is 1.57. The summed E-state index contributed by atoms with van der Waals surface area (Å²) in [5.41, 5.74) is 7.45. The summed E-state index contributed by atoms with van der Waals surface area (Å²) < 4.78 is 10.6. The summed E-state index contributed by atoms with van der Waals surface area (Å²) >= 11 is 3.04. The number of nitrogens with two attached hydrogens (primary N) is 1. The molecule has 3 rings (SSSR count). The monoisotopic (exact) mass is 367 g/mol. The fraction of sp³-hybridized carbons (Fsp3) is 0.562. The Morgan fingerprint density at radius 3 is 3.00 bits per heavy atom. The van der Waals surface area contributed by atoms with E-state index in [1.807, 2.05) is 0 Å². The molecule has 0 bridgehead atoms. The van der Waals surface area contributed by atoms with Crippen molar-refractivity contribution in [2.75, 3.05) is 18.6 Å². The van der Waals surface area contributed by atoms with Crippen LogP contribution in [0.25, 0.3) is 10.2 Å². The maximum atomic E-state index is 11.2. The van der Waals surface area contributed by atoms with E-state index in [9.17, 15) is 4.79 Å². The van der Waals surface area contributed by atoms with Crippen LogP contribution in [0.4, 0.5) is 5.82 Å².